The molecule has 1 rings (SSSR count). The van der Waals surface area contributed by atoms with Crippen molar-refractivity contribution in [3.05, 3.63) is 15.9 Å². The highest BCUT2D eigenvalue weighted by Gasteiger charge is 2.27. The molecular formula is C12H23N5O2. The van der Waals surface area contributed by atoms with Gasteiger partial charge in [-0.2, -0.15) is 0 Å². The zero-order chi connectivity index (χ0) is 14.6. The molecule has 0 saturated carbocycles. The van der Waals surface area contributed by atoms with Crippen LogP contribution in [-0.2, 0) is 6.54 Å². The summed E-state index contributed by atoms with van der Waals surface area (Å²) in [7, 11) is 0. The first-order chi connectivity index (χ1) is 8.88. The highest BCUT2D eigenvalue weighted by atomic mass is 16.6. The van der Waals surface area contributed by atoms with Crippen LogP contribution >= 0.6 is 0 Å². The van der Waals surface area contributed by atoms with Crippen LogP contribution < -0.4 is 11.1 Å². The van der Waals surface area contributed by atoms with Gasteiger partial charge in [-0.05, 0) is 29.7 Å². The molecule has 1 heterocycles. The summed E-state index contributed by atoms with van der Waals surface area (Å²) in [5, 5.41) is 14.1. The standard InChI is InChI=1S/C12H23N5O2/c1-5-12(13,6-2)8-14-10-11(17(18)19)15-9(4)16(10)7-3/h14H,5-8,13H2,1-4H3. The summed E-state index contributed by atoms with van der Waals surface area (Å²) in [6.45, 7) is 8.84. The molecule has 0 amide bonds. The molecule has 1 aromatic heterocycles. The van der Waals surface area contributed by atoms with Gasteiger partial charge in [-0.3, -0.25) is 4.57 Å². The van der Waals surface area contributed by atoms with E-state index in [1.54, 1.807) is 11.5 Å². The molecule has 19 heavy (non-hydrogen) atoms. The van der Waals surface area contributed by atoms with Gasteiger partial charge in [0.05, 0.1) is 0 Å². The van der Waals surface area contributed by atoms with Gasteiger partial charge in [0.15, 0.2) is 0 Å². The van der Waals surface area contributed by atoms with Crippen LogP contribution in [0.4, 0.5) is 11.6 Å². The lowest BCUT2D eigenvalue weighted by molar-refractivity contribution is -0.388. The average Bonchev–Trinajstić information content (AvgIpc) is 2.72. The Balaban J connectivity index is 3.02. The van der Waals surface area contributed by atoms with Crippen LogP contribution in [0, 0.1) is 17.0 Å². The lowest BCUT2D eigenvalue weighted by Crippen LogP contribution is -2.45. The van der Waals surface area contributed by atoms with Gasteiger partial charge in [0.25, 0.3) is 0 Å². The first-order valence-electron chi connectivity index (χ1n) is 6.62. The third kappa shape index (κ3) is 3.23. The molecule has 7 heteroatoms. The number of anilines is 1. The van der Waals surface area contributed by atoms with E-state index in [2.05, 4.69) is 10.3 Å². The Morgan fingerprint density at radius 1 is 1.42 bits per heavy atom. The van der Waals surface area contributed by atoms with Crippen LogP contribution in [0.1, 0.15) is 39.4 Å². The number of nitrogens with zero attached hydrogens (tertiary/aromatic N) is 3. The average molecular weight is 269 g/mol. The first kappa shape index (κ1) is 15.4. The number of hydrogen-bond donors (Lipinski definition) is 2. The Bertz CT molecular complexity index is 451. The van der Waals surface area contributed by atoms with Crippen LogP contribution in [0.5, 0.6) is 0 Å². The van der Waals surface area contributed by atoms with Crippen LogP contribution in [0.25, 0.3) is 0 Å². The van der Waals surface area contributed by atoms with Crippen molar-refractivity contribution in [1.29, 1.82) is 0 Å². The summed E-state index contributed by atoms with van der Waals surface area (Å²) < 4.78 is 1.80. The van der Waals surface area contributed by atoms with E-state index in [-0.39, 0.29) is 11.4 Å². The molecule has 0 spiro atoms. The number of nitro groups is 1. The van der Waals surface area contributed by atoms with Gasteiger partial charge in [0.1, 0.15) is 0 Å². The Kier molecular flexibility index (Phi) is 4.88. The monoisotopic (exact) mass is 269 g/mol. The largest absolute Gasteiger partial charge is 0.406 e. The topological polar surface area (TPSA) is 99.0 Å². The lowest BCUT2D eigenvalue weighted by atomic mass is 9.94. The van der Waals surface area contributed by atoms with Crippen molar-refractivity contribution in [2.24, 2.45) is 5.73 Å². The molecule has 108 valence electrons. The summed E-state index contributed by atoms with van der Waals surface area (Å²) >= 11 is 0. The van der Waals surface area contributed by atoms with E-state index in [9.17, 15) is 10.1 Å². The Hall–Kier alpha value is -1.63. The molecule has 0 aliphatic heterocycles. The van der Waals surface area contributed by atoms with Crippen molar-refractivity contribution < 1.29 is 4.92 Å². The lowest BCUT2D eigenvalue weighted by Gasteiger charge is -2.27. The second-order valence-corrected chi connectivity index (χ2v) is 4.76. The Labute approximate surface area is 113 Å². The minimum absolute atomic E-state index is 0.131. The number of rotatable bonds is 7. The second kappa shape index (κ2) is 6.01. The molecule has 0 fully saturated rings. The fourth-order valence-electron chi connectivity index (χ4n) is 2.00. The predicted molar refractivity (Wildman–Crippen MR) is 75.3 cm³/mol. The molecule has 0 saturated heterocycles. The molecule has 0 aromatic carbocycles. The molecule has 1 aromatic rings. The molecule has 0 aliphatic rings. The van der Waals surface area contributed by atoms with Gasteiger partial charge >= 0.3 is 5.82 Å². The summed E-state index contributed by atoms with van der Waals surface area (Å²) in [6.07, 6.45) is 1.62. The minimum Gasteiger partial charge on any atom is -0.362 e. The van der Waals surface area contributed by atoms with E-state index >= 15 is 0 Å². The Morgan fingerprint density at radius 3 is 2.42 bits per heavy atom. The second-order valence-electron chi connectivity index (χ2n) is 4.76. The molecule has 0 aliphatic carbocycles. The predicted octanol–water partition coefficient (Wildman–Crippen LogP) is 2.05. The van der Waals surface area contributed by atoms with Gasteiger partial charge in [-0.1, -0.05) is 13.8 Å². The molecule has 0 unspecified atom stereocenters. The normalized spacial score (nSPS) is 11.6. The fraction of sp³-hybridized carbons (Fsp3) is 0.750. The Morgan fingerprint density at radius 2 is 2.00 bits per heavy atom. The zero-order valence-corrected chi connectivity index (χ0v) is 12.1. The van der Waals surface area contributed by atoms with E-state index in [0.29, 0.717) is 24.7 Å². The first-order valence-corrected chi connectivity index (χ1v) is 6.62. The highest BCUT2D eigenvalue weighted by Crippen LogP contribution is 2.26. The van der Waals surface area contributed by atoms with E-state index in [1.807, 2.05) is 20.8 Å². The summed E-state index contributed by atoms with van der Waals surface area (Å²) in [5.41, 5.74) is 5.85. The smallest absolute Gasteiger partial charge is 0.362 e. The van der Waals surface area contributed by atoms with Crippen molar-refractivity contribution in [3.63, 3.8) is 0 Å². The number of nitrogens with two attached hydrogens (primary N) is 1. The maximum atomic E-state index is 11.0. The maximum absolute atomic E-state index is 11.0. The quantitative estimate of drug-likeness (QED) is 0.583. The van der Waals surface area contributed by atoms with Gasteiger partial charge in [0.2, 0.25) is 11.6 Å². The van der Waals surface area contributed by atoms with E-state index in [1.165, 1.54) is 0 Å². The van der Waals surface area contributed by atoms with Gasteiger partial charge < -0.3 is 21.2 Å². The minimum atomic E-state index is -0.461. The van der Waals surface area contributed by atoms with Crippen molar-refractivity contribution >= 4 is 11.6 Å². The number of aryl methyl sites for hydroxylation is 1. The van der Waals surface area contributed by atoms with Crippen molar-refractivity contribution in [1.82, 2.24) is 9.55 Å². The van der Waals surface area contributed by atoms with E-state index < -0.39 is 4.92 Å². The van der Waals surface area contributed by atoms with Gasteiger partial charge in [0, 0.05) is 25.6 Å². The molecule has 0 bridgehead atoms. The maximum Gasteiger partial charge on any atom is 0.406 e. The zero-order valence-electron chi connectivity index (χ0n) is 12.1. The van der Waals surface area contributed by atoms with Gasteiger partial charge in [-0.25, -0.2) is 0 Å². The number of hydrogen-bond acceptors (Lipinski definition) is 5. The molecule has 0 atom stereocenters. The summed E-state index contributed by atoms with van der Waals surface area (Å²) in [5.74, 6) is 0.947. The van der Waals surface area contributed by atoms with E-state index in [0.717, 1.165) is 12.8 Å². The molecule has 3 N–H and O–H groups in total. The fourth-order valence-corrected chi connectivity index (χ4v) is 2.00. The van der Waals surface area contributed by atoms with Crippen molar-refractivity contribution in [2.75, 3.05) is 11.9 Å². The SMILES string of the molecule is CCn1c(C)nc([N+](=O)[O-])c1NCC(N)(CC)CC. The number of nitrogens with one attached hydrogen (secondary N) is 1. The van der Waals surface area contributed by atoms with Crippen LogP contribution in [-0.4, -0.2) is 26.6 Å². The molecule has 0 radical (unpaired) electrons. The van der Waals surface area contributed by atoms with Crippen molar-refractivity contribution in [2.45, 2.75) is 52.6 Å². The number of aromatic nitrogens is 2. The summed E-state index contributed by atoms with van der Waals surface area (Å²) in [6, 6.07) is 0. The van der Waals surface area contributed by atoms with E-state index in [4.69, 9.17) is 5.73 Å². The highest BCUT2D eigenvalue weighted by molar-refractivity contribution is 5.54. The van der Waals surface area contributed by atoms with Crippen molar-refractivity contribution in [3.8, 4) is 0 Å². The molecule has 7 nitrogen and oxygen atoms in total. The van der Waals surface area contributed by atoms with Crippen LogP contribution in [0.2, 0.25) is 0 Å². The molecular weight excluding hydrogens is 246 g/mol. The number of imidazole rings is 1. The van der Waals surface area contributed by atoms with Crippen LogP contribution in [0.3, 0.4) is 0 Å². The third-order valence-electron chi connectivity index (χ3n) is 3.65. The summed E-state index contributed by atoms with van der Waals surface area (Å²) in [4.78, 5) is 14.6. The van der Waals surface area contributed by atoms with Gasteiger partial charge in [-0.15, -0.1) is 0 Å². The van der Waals surface area contributed by atoms with Crippen LogP contribution in [0.15, 0.2) is 0 Å². The third-order valence-corrected chi connectivity index (χ3v) is 3.65.